The van der Waals surface area contributed by atoms with E-state index in [1.165, 1.54) is 24.3 Å². The first-order chi connectivity index (χ1) is 19.2. The molecule has 0 aromatic heterocycles. The third-order valence-electron chi connectivity index (χ3n) is 7.47. The predicted octanol–water partition coefficient (Wildman–Crippen LogP) is 3.78. The highest BCUT2D eigenvalue weighted by Gasteiger charge is 2.36. The van der Waals surface area contributed by atoms with E-state index < -0.39 is 47.7 Å². The second-order valence-electron chi connectivity index (χ2n) is 10.7. The molecule has 0 aliphatic carbocycles. The summed E-state index contributed by atoms with van der Waals surface area (Å²) in [6.45, 7) is 2.39. The van der Waals surface area contributed by atoms with E-state index in [2.05, 4.69) is 5.32 Å². The van der Waals surface area contributed by atoms with Gasteiger partial charge in [-0.25, -0.2) is 8.78 Å². The number of ether oxygens (including phenoxy) is 1. The Morgan fingerprint density at radius 3 is 2.49 bits per heavy atom. The van der Waals surface area contributed by atoms with Crippen LogP contribution in [0.3, 0.4) is 0 Å². The van der Waals surface area contributed by atoms with Gasteiger partial charge in [-0.05, 0) is 30.3 Å². The summed E-state index contributed by atoms with van der Waals surface area (Å²) < 4.78 is 73.6. The molecule has 0 radical (unpaired) electrons. The summed E-state index contributed by atoms with van der Waals surface area (Å²) in [5.74, 6) is -3.97. The van der Waals surface area contributed by atoms with Gasteiger partial charge in [-0.15, -0.1) is 0 Å². The fourth-order valence-corrected chi connectivity index (χ4v) is 5.30. The number of benzene rings is 2. The smallest absolute Gasteiger partial charge is 0.367 e. The van der Waals surface area contributed by atoms with E-state index >= 15 is 8.78 Å². The number of hydrogen-bond acceptors (Lipinski definition) is 5. The van der Waals surface area contributed by atoms with Gasteiger partial charge in [-0.3, -0.25) is 14.5 Å². The molecule has 4 rings (SSSR count). The average Bonchev–Trinajstić information content (AvgIpc) is 2.91. The van der Waals surface area contributed by atoms with Crippen LogP contribution in [0, 0.1) is 11.6 Å². The number of nitrogens with one attached hydrogen (secondary N) is 1. The molecular weight excluding hydrogens is 573 g/mol. The Morgan fingerprint density at radius 1 is 1.12 bits per heavy atom. The van der Waals surface area contributed by atoms with Gasteiger partial charge >= 0.3 is 6.18 Å². The van der Waals surface area contributed by atoms with E-state index in [0.717, 1.165) is 0 Å². The quantitative estimate of drug-likeness (QED) is 0.354. The van der Waals surface area contributed by atoms with Gasteiger partial charge in [-0.1, -0.05) is 11.6 Å². The lowest BCUT2D eigenvalue weighted by atomic mass is 10.1. The molecule has 2 unspecified atom stereocenters. The number of primary amides is 1. The van der Waals surface area contributed by atoms with Crippen LogP contribution in [0.2, 0.25) is 5.02 Å². The molecule has 224 valence electrons. The number of rotatable bonds is 8. The molecule has 3 N–H and O–H groups in total. The van der Waals surface area contributed by atoms with E-state index in [1.54, 1.807) is 18.0 Å². The van der Waals surface area contributed by atoms with Crippen LogP contribution in [0.4, 0.5) is 33.3 Å². The van der Waals surface area contributed by atoms with E-state index in [1.807, 2.05) is 4.90 Å². The first-order valence-electron chi connectivity index (χ1n) is 13.1. The standard InChI is InChI=1S/C27H31ClF5N5O3/c1-38(12-13-41-22(16-38)25(34)39)15-17-2-4-19(24(30)23(17)29)26(40)35-20-5-3-18(28)14-21(20)37-10-8-36(9-11-37)7-6-27(31,32)33/h2-5,14,22H,6-13,15-16H2,1H3,(H2-,34,35,39,40)/p+1. The molecule has 0 saturated carbocycles. The topological polar surface area (TPSA) is 87.9 Å². The molecule has 2 aliphatic heterocycles. The molecule has 2 aliphatic rings. The van der Waals surface area contributed by atoms with Gasteiger partial charge in [0, 0.05) is 43.3 Å². The van der Waals surface area contributed by atoms with Crippen molar-refractivity contribution in [2.75, 3.05) is 69.7 Å². The average molecular weight is 605 g/mol. The summed E-state index contributed by atoms with van der Waals surface area (Å²) in [6.07, 6.45) is -5.96. The van der Waals surface area contributed by atoms with Crippen LogP contribution in [0.25, 0.3) is 0 Å². The van der Waals surface area contributed by atoms with Gasteiger partial charge in [0.25, 0.3) is 11.8 Å². The number of anilines is 2. The van der Waals surface area contributed by atoms with Crippen molar-refractivity contribution in [2.45, 2.75) is 25.2 Å². The van der Waals surface area contributed by atoms with Crippen LogP contribution in [-0.2, 0) is 16.1 Å². The molecule has 14 heteroatoms. The van der Waals surface area contributed by atoms with Crippen LogP contribution in [0.5, 0.6) is 0 Å². The highest BCUT2D eigenvalue weighted by molar-refractivity contribution is 6.31. The fraction of sp³-hybridized carbons (Fsp3) is 0.481. The van der Waals surface area contributed by atoms with Crippen molar-refractivity contribution in [3.05, 3.63) is 58.1 Å². The molecule has 2 heterocycles. The van der Waals surface area contributed by atoms with E-state index in [-0.39, 0.29) is 36.3 Å². The molecule has 2 atom stereocenters. The van der Waals surface area contributed by atoms with Crippen LogP contribution in [0.15, 0.2) is 30.3 Å². The third-order valence-corrected chi connectivity index (χ3v) is 7.70. The molecule has 0 bridgehead atoms. The van der Waals surface area contributed by atoms with E-state index in [9.17, 15) is 22.8 Å². The summed E-state index contributed by atoms with van der Waals surface area (Å²) >= 11 is 6.18. The molecular formula is C27H32ClF5N5O3+. The highest BCUT2D eigenvalue weighted by Crippen LogP contribution is 2.32. The first kappa shape index (κ1) is 30.9. The molecule has 2 amide bonds. The van der Waals surface area contributed by atoms with Crippen molar-refractivity contribution in [2.24, 2.45) is 5.73 Å². The molecule has 41 heavy (non-hydrogen) atoms. The van der Waals surface area contributed by atoms with Gasteiger partial charge in [0.05, 0.1) is 37.0 Å². The maximum atomic E-state index is 15.2. The zero-order chi connectivity index (χ0) is 29.9. The minimum Gasteiger partial charge on any atom is -0.367 e. The van der Waals surface area contributed by atoms with Gasteiger partial charge in [0.2, 0.25) is 0 Å². The highest BCUT2D eigenvalue weighted by atomic mass is 35.5. The minimum atomic E-state index is -4.23. The largest absolute Gasteiger partial charge is 0.390 e. The lowest BCUT2D eigenvalue weighted by Crippen LogP contribution is -2.58. The van der Waals surface area contributed by atoms with Crippen molar-refractivity contribution in [3.63, 3.8) is 0 Å². The Balaban J connectivity index is 1.46. The van der Waals surface area contributed by atoms with Gasteiger partial charge in [0.1, 0.15) is 19.6 Å². The number of morpholine rings is 1. The van der Waals surface area contributed by atoms with Crippen LogP contribution in [-0.4, -0.2) is 92.9 Å². The number of likely N-dealkylation sites (N-methyl/N-ethyl adjacent to an activating group) is 1. The monoisotopic (exact) mass is 604 g/mol. The van der Waals surface area contributed by atoms with Gasteiger partial charge < -0.3 is 25.2 Å². The predicted molar refractivity (Wildman–Crippen MR) is 144 cm³/mol. The zero-order valence-corrected chi connectivity index (χ0v) is 23.2. The number of halogens is 6. The van der Waals surface area contributed by atoms with Crippen molar-refractivity contribution < 1.29 is 40.8 Å². The normalized spacial score (nSPS) is 22.0. The molecule has 2 aromatic carbocycles. The minimum absolute atomic E-state index is 0.0437. The Bertz CT molecular complexity index is 1290. The molecule has 2 fully saturated rings. The fourth-order valence-electron chi connectivity index (χ4n) is 5.13. The summed E-state index contributed by atoms with van der Waals surface area (Å²) in [4.78, 5) is 28.2. The second-order valence-corrected chi connectivity index (χ2v) is 11.1. The summed E-state index contributed by atoms with van der Waals surface area (Å²) in [5, 5.41) is 2.99. The lowest BCUT2D eigenvalue weighted by molar-refractivity contribution is -0.931. The summed E-state index contributed by atoms with van der Waals surface area (Å²) in [5.41, 5.74) is 5.72. The van der Waals surface area contributed by atoms with Gasteiger partial charge in [0.15, 0.2) is 17.7 Å². The number of piperazine rings is 1. The number of amides is 2. The first-order valence-corrected chi connectivity index (χ1v) is 13.5. The Labute approximate surface area is 239 Å². The summed E-state index contributed by atoms with van der Waals surface area (Å²) in [6, 6.07) is 7.22. The van der Waals surface area contributed by atoms with E-state index in [0.29, 0.717) is 49.1 Å². The Kier molecular flexibility index (Phi) is 9.42. The number of carbonyl (C=O) groups excluding carboxylic acids is 2. The maximum Gasteiger partial charge on any atom is 0.390 e. The lowest BCUT2D eigenvalue weighted by Gasteiger charge is -2.40. The molecule has 2 aromatic rings. The molecule has 0 spiro atoms. The zero-order valence-electron chi connectivity index (χ0n) is 22.4. The SMILES string of the molecule is C[N+]1(Cc2ccc(C(=O)Nc3ccc(Cl)cc3N3CCN(CCC(F)(F)F)CC3)c(F)c2F)CCOC(C(N)=O)C1. The van der Waals surface area contributed by atoms with Crippen LogP contribution < -0.4 is 16.0 Å². The van der Waals surface area contributed by atoms with E-state index in [4.69, 9.17) is 22.1 Å². The van der Waals surface area contributed by atoms with Crippen LogP contribution in [0.1, 0.15) is 22.3 Å². The number of nitrogens with zero attached hydrogens (tertiary/aromatic N) is 3. The number of hydrogen-bond donors (Lipinski definition) is 2. The Morgan fingerprint density at radius 2 is 1.83 bits per heavy atom. The van der Waals surface area contributed by atoms with Crippen LogP contribution >= 0.6 is 11.6 Å². The van der Waals surface area contributed by atoms with Crippen molar-refractivity contribution in [1.29, 1.82) is 0 Å². The Hall–Kier alpha value is -3.00. The third kappa shape index (κ3) is 7.85. The maximum absolute atomic E-state index is 15.2. The van der Waals surface area contributed by atoms with Crippen molar-refractivity contribution in [3.8, 4) is 0 Å². The number of carbonyl (C=O) groups is 2. The van der Waals surface area contributed by atoms with Gasteiger partial charge in [-0.2, -0.15) is 13.2 Å². The number of quaternary nitrogens is 1. The summed E-state index contributed by atoms with van der Waals surface area (Å²) in [7, 11) is 1.79. The molecule has 8 nitrogen and oxygen atoms in total. The van der Waals surface area contributed by atoms with Crippen molar-refractivity contribution >= 4 is 34.8 Å². The number of nitrogens with two attached hydrogens (primary N) is 1. The number of alkyl halides is 3. The molecule has 2 saturated heterocycles. The van der Waals surface area contributed by atoms with Crippen molar-refractivity contribution in [1.82, 2.24) is 4.90 Å². The second kappa shape index (κ2) is 12.5.